The van der Waals surface area contributed by atoms with Gasteiger partial charge in [-0.2, -0.15) is 0 Å². The van der Waals surface area contributed by atoms with E-state index in [4.69, 9.17) is 5.73 Å². The van der Waals surface area contributed by atoms with Crippen LogP contribution < -0.4 is 11.1 Å². The lowest BCUT2D eigenvalue weighted by molar-refractivity contribution is -0.140. The zero-order valence-corrected chi connectivity index (χ0v) is 17.3. The zero-order chi connectivity index (χ0) is 19.0. The molecule has 1 aliphatic heterocycles. The van der Waals surface area contributed by atoms with Gasteiger partial charge in [-0.1, -0.05) is 20.8 Å². The molecule has 0 radical (unpaired) electrons. The molecule has 150 valence electrons. The number of urea groups is 1. The van der Waals surface area contributed by atoms with Gasteiger partial charge in [-0.25, -0.2) is 4.79 Å². The van der Waals surface area contributed by atoms with Gasteiger partial charge in [-0.15, -0.1) is 12.4 Å². The Kier molecular flexibility index (Phi) is 7.10. The average molecular weight is 389 g/mol. The highest BCUT2D eigenvalue weighted by atomic mass is 35.5. The third-order valence-electron chi connectivity index (χ3n) is 6.00. The molecule has 0 aromatic rings. The number of hydrogen-bond acceptors (Lipinski definition) is 4. The van der Waals surface area contributed by atoms with Crippen molar-refractivity contribution in [3.8, 4) is 0 Å². The number of hydrogen-bond donors (Lipinski definition) is 2. The predicted molar refractivity (Wildman–Crippen MR) is 103 cm³/mol. The quantitative estimate of drug-likeness (QED) is 0.717. The van der Waals surface area contributed by atoms with Crippen molar-refractivity contribution in [3.63, 3.8) is 0 Å². The topological polar surface area (TPSA) is 95.7 Å². The lowest BCUT2D eigenvalue weighted by Gasteiger charge is -2.40. The maximum Gasteiger partial charge on any atom is 0.325 e. The molecular formula is C18H33ClN4O3. The Hall–Kier alpha value is -1.34. The van der Waals surface area contributed by atoms with Gasteiger partial charge in [0.05, 0.1) is 0 Å². The molecule has 1 atom stereocenters. The Morgan fingerprint density at radius 2 is 1.88 bits per heavy atom. The van der Waals surface area contributed by atoms with E-state index in [1.54, 1.807) is 7.05 Å². The van der Waals surface area contributed by atoms with Gasteiger partial charge in [-0.05, 0) is 43.9 Å². The molecule has 1 unspecified atom stereocenters. The number of carbonyl (C=O) groups is 3. The lowest BCUT2D eigenvalue weighted by atomic mass is 9.67. The van der Waals surface area contributed by atoms with Crippen molar-refractivity contribution in [2.45, 2.75) is 65.0 Å². The minimum atomic E-state index is -0.822. The second-order valence-electron chi connectivity index (χ2n) is 8.63. The fourth-order valence-corrected chi connectivity index (χ4v) is 3.79. The highest BCUT2D eigenvalue weighted by molar-refractivity contribution is 6.09. The number of imide groups is 1. The Bertz CT molecular complexity index is 553. The first-order valence-corrected chi connectivity index (χ1v) is 9.11. The Balaban J connectivity index is 0.00000338. The molecule has 26 heavy (non-hydrogen) atoms. The monoisotopic (exact) mass is 388 g/mol. The van der Waals surface area contributed by atoms with Crippen LogP contribution in [-0.4, -0.2) is 59.4 Å². The average Bonchev–Trinajstić information content (AvgIpc) is 2.77. The molecule has 4 amide bonds. The first-order chi connectivity index (χ1) is 11.5. The number of nitrogens with two attached hydrogens (primary N) is 1. The second-order valence-corrected chi connectivity index (χ2v) is 8.63. The molecule has 1 saturated carbocycles. The van der Waals surface area contributed by atoms with E-state index < -0.39 is 11.6 Å². The summed E-state index contributed by atoms with van der Waals surface area (Å²) in [7, 11) is 1.64. The van der Waals surface area contributed by atoms with E-state index in [0.29, 0.717) is 25.3 Å². The number of rotatable bonds is 4. The van der Waals surface area contributed by atoms with Crippen LogP contribution in [0.3, 0.4) is 0 Å². The first kappa shape index (κ1) is 22.7. The number of halogens is 1. The van der Waals surface area contributed by atoms with E-state index in [1.165, 1.54) is 4.90 Å². The predicted octanol–water partition coefficient (Wildman–Crippen LogP) is 1.74. The summed E-state index contributed by atoms with van der Waals surface area (Å²) in [5, 5.41) is 2.87. The molecule has 1 spiro atoms. The minimum Gasteiger partial charge on any atom is -0.340 e. The van der Waals surface area contributed by atoms with Gasteiger partial charge in [0, 0.05) is 19.6 Å². The van der Waals surface area contributed by atoms with Crippen LogP contribution in [0.5, 0.6) is 0 Å². The van der Waals surface area contributed by atoms with Crippen molar-refractivity contribution in [3.05, 3.63) is 0 Å². The summed E-state index contributed by atoms with van der Waals surface area (Å²) in [5.41, 5.74) is 4.96. The number of nitrogens with one attached hydrogen (secondary N) is 1. The molecule has 8 heteroatoms. The van der Waals surface area contributed by atoms with Crippen molar-refractivity contribution in [1.29, 1.82) is 0 Å². The molecule has 2 rings (SSSR count). The first-order valence-electron chi connectivity index (χ1n) is 9.11. The van der Waals surface area contributed by atoms with Crippen molar-refractivity contribution in [1.82, 2.24) is 15.1 Å². The number of carbonyl (C=O) groups excluding carboxylic acids is 3. The number of amides is 4. The van der Waals surface area contributed by atoms with Gasteiger partial charge < -0.3 is 16.0 Å². The summed E-state index contributed by atoms with van der Waals surface area (Å²) in [5.74, 6) is 0.00364. The van der Waals surface area contributed by atoms with E-state index in [1.807, 2.05) is 6.92 Å². The van der Waals surface area contributed by atoms with Crippen LogP contribution in [0.15, 0.2) is 0 Å². The lowest BCUT2D eigenvalue weighted by Crippen LogP contribution is -2.51. The summed E-state index contributed by atoms with van der Waals surface area (Å²) in [6, 6.07) is -0.592. The van der Waals surface area contributed by atoms with Crippen LogP contribution in [0, 0.1) is 11.3 Å². The molecule has 3 N–H and O–H groups in total. The highest BCUT2D eigenvalue weighted by Gasteiger charge is 2.53. The van der Waals surface area contributed by atoms with Crippen LogP contribution in [0.25, 0.3) is 0 Å². The molecule has 1 saturated heterocycles. The maximum atomic E-state index is 12.9. The van der Waals surface area contributed by atoms with E-state index in [0.717, 1.165) is 17.7 Å². The van der Waals surface area contributed by atoms with Crippen molar-refractivity contribution < 1.29 is 14.4 Å². The summed E-state index contributed by atoms with van der Waals surface area (Å²) < 4.78 is 0. The highest BCUT2D eigenvalue weighted by Crippen LogP contribution is 2.43. The molecule has 2 aliphatic rings. The second kappa shape index (κ2) is 8.13. The Labute approximate surface area is 162 Å². The molecule has 1 aliphatic carbocycles. The van der Waals surface area contributed by atoms with E-state index >= 15 is 0 Å². The third-order valence-corrected chi connectivity index (χ3v) is 6.00. The minimum absolute atomic E-state index is 0. The Morgan fingerprint density at radius 3 is 2.35 bits per heavy atom. The normalized spacial score (nSPS) is 27.2. The van der Waals surface area contributed by atoms with Crippen molar-refractivity contribution in [2.24, 2.45) is 17.1 Å². The van der Waals surface area contributed by atoms with Crippen LogP contribution in [0.1, 0.15) is 53.4 Å². The third kappa shape index (κ3) is 4.31. The maximum absolute atomic E-state index is 12.9. The molecule has 2 fully saturated rings. The molecule has 1 heterocycles. The van der Waals surface area contributed by atoms with Crippen LogP contribution >= 0.6 is 12.4 Å². The van der Waals surface area contributed by atoms with Crippen molar-refractivity contribution >= 4 is 30.3 Å². The number of nitrogens with zero attached hydrogens (tertiary/aromatic N) is 2. The SMILES string of the molecule is CC(CN)N(C)C(=O)CN1C(=O)NC2(CCC(C(C)(C)C)CC2)C1=O.Cl. The van der Waals surface area contributed by atoms with Gasteiger partial charge in [0.25, 0.3) is 5.91 Å². The Morgan fingerprint density at radius 1 is 1.35 bits per heavy atom. The zero-order valence-electron chi connectivity index (χ0n) is 16.5. The van der Waals surface area contributed by atoms with Gasteiger partial charge in [0.2, 0.25) is 5.91 Å². The molecular weight excluding hydrogens is 356 g/mol. The van der Waals surface area contributed by atoms with Gasteiger partial charge in [0.1, 0.15) is 12.1 Å². The van der Waals surface area contributed by atoms with Crippen LogP contribution in [0.4, 0.5) is 4.79 Å². The summed E-state index contributed by atoms with van der Waals surface area (Å²) in [4.78, 5) is 40.1. The number of likely N-dealkylation sites (N-methyl/N-ethyl adjacent to an activating group) is 1. The van der Waals surface area contributed by atoms with E-state index in [2.05, 4.69) is 26.1 Å². The standard InChI is InChI=1S/C18H32N4O3.ClH/c1-12(10-19)21(5)14(23)11-22-15(24)18(20-16(22)25)8-6-13(7-9-18)17(2,3)4;/h12-13H,6-11,19H2,1-5H3,(H,20,25);1H. The fraction of sp³-hybridized carbons (Fsp3) is 0.833. The smallest absolute Gasteiger partial charge is 0.325 e. The van der Waals surface area contributed by atoms with Gasteiger partial charge in [-0.3, -0.25) is 14.5 Å². The van der Waals surface area contributed by atoms with E-state index in [9.17, 15) is 14.4 Å². The molecule has 0 aromatic heterocycles. The molecule has 0 aromatic carbocycles. The fourth-order valence-electron chi connectivity index (χ4n) is 3.79. The van der Waals surface area contributed by atoms with Crippen LogP contribution in [-0.2, 0) is 9.59 Å². The summed E-state index contributed by atoms with van der Waals surface area (Å²) >= 11 is 0. The van der Waals surface area contributed by atoms with E-state index in [-0.39, 0.29) is 42.2 Å². The van der Waals surface area contributed by atoms with Crippen LogP contribution in [0.2, 0.25) is 0 Å². The summed E-state index contributed by atoms with van der Waals surface area (Å²) in [6.45, 7) is 8.58. The largest absolute Gasteiger partial charge is 0.340 e. The summed E-state index contributed by atoms with van der Waals surface area (Å²) in [6.07, 6.45) is 3.08. The molecule has 0 bridgehead atoms. The molecule has 7 nitrogen and oxygen atoms in total. The van der Waals surface area contributed by atoms with Gasteiger partial charge in [0.15, 0.2) is 0 Å². The van der Waals surface area contributed by atoms with Gasteiger partial charge >= 0.3 is 6.03 Å². The van der Waals surface area contributed by atoms with Crippen molar-refractivity contribution in [2.75, 3.05) is 20.1 Å².